The van der Waals surface area contributed by atoms with Crippen LogP contribution in [-0.2, 0) is 4.79 Å². The number of hydrogen-bond acceptors (Lipinski definition) is 3. The standard InChI is InChI=1S/C16H20F3N3O/c17-16(18,19)15(23)22-11-9-21(10-12-22)14-5-3-13(4-6-14)20-7-1-2-8-20/h3-6H,1-2,7-12H2. The number of hydrogen-bond donors (Lipinski definition) is 0. The van der Waals surface area contributed by atoms with Crippen LogP contribution in [0.3, 0.4) is 0 Å². The van der Waals surface area contributed by atoms with E-state index in [0.717, 1.165) is 23.7 Å². The second-order valence-corrected chi connectivity index (χ2v) is 5.99. The number of carbonyl (C=O) groups is 1. The zero-order valence-electron chi connectivity index (χ0n) is 12.9. The lowest BCUT2D eigenvalue weighted by atomic mass is 10.2. The third-order valence-corrected chi connectivity index (χ3v) is 4.50. The molecule has 23 heavy (non-hydrogen) atoms. The molecule has 4 nitrogen and oxygen atoms in total. The van der Waals surface area contributed by atoms with Gasteiger partial charge in [-0.1, -0.05) is 0 Å². The monoisotopic (exact) mass is 327 g/mol. The fourth-order valence-corrected chi connectivity index (χ4v) is 3.20. The molecule has 0 spiro atoms. The van der Waals surface area contributed by atoms with Crippen molar-refractivity contribution >= 4 is 17.3 Å². The summed E-state index contributed by atoms with van der Waals surface area (Å²) >= 11 is 0. The van der Waals surface area contributed by atoms with Gasteiger partial charge in [0.15, 0.2) is 0 Å². The molecule has 0 bridgehead atoms. The van der Waals surface area contributed by atoms with E-state index < -0.39 is 12.1 Å². The Kier molecular flexibility index (Phi) is 4.37. The lowest BCUT2D eigenvalue weighted by molar-refractivity contribution is -0.185. The van der Waals surface area contributed by atoms with Gasteiger partial charge < -0.3 is 14.7 Å². The van der Waals surface area contributed by atoms with Crippen molar-refractivity contribution in [2.24, 2.45) is 0 Å². The Morgan fingerprint density at radius 2 is 1.22 bits per heavy atom. The van der Waals surface area contributed by atoms with Crippen molar-refractivity contribution in [1.82, 2.24) is 4.90 Å². The molecule has 1 aromatic carbocycles. The predicted octanol–water partition coefficient (Wildman–Crippen LogP) is 2.50. The van der Waals surface area contributed by atoms with Crippen LogP contribution in [0.1, 0.15) is 12.8 Å². The summed E-state index contributed by atoms with van der Waals surface area (Å²) in [4.78, 5) is 16.5. The molecule has 2 aliphatic heterocycles. The highest BCUT2D eigenvalue weighted by atomic mass is 19.4. The summed E-state index contributed by atoms with van der Waals surface area (Å²) in [5.74, 6) is -1.73. The smallest absolute Gasteiger partial charge is 0.372 e. The number of carbonyl (C=O) groups excluding carboxylic acids is 1. The van der Waals surface area contributed by atoms with Crippen LogP contribution in [0.2, 0.25) is 0 Å². The average molecular weight is 327 g/mol. The van der Waals surface area contributed by atoms with Crippen molar-refractivity contribution in [3.63, 3.8) is 0 Å². The summed E-state index contributed by atoms with van der Waals surface area (Å²) in [6.45, 7) is 3.21. The summed E-state index contributed by atoms with van der Waals surface area (Å²) in [7, 11) is 0. The Bertz CT molecular complexity index is 545. The van der Waals surface area contributed by atoms with Gasteiger partial charge in [-0.25, -0.2) is 0 Å². The Balaban J connectivity index is 1.58. The van der Waals surface area contributed by atoms with E-state index in [1.54, 1.807) is 0 Å². The molecule has 2 aliphatic rings. The molecule has 1 aromatic rings. The SMILES string of the molecule is O=C(N1CCN(c2ccc(N3CCCC3)cc2)CC1)C(F)(F)F. The lowest BCUT2D eigenvalue weighted by Gasteiger charge is -2.36. The fourth-order valence-electron chi connectivity index (χ4n) is 3.20. The van der Waals surface area contributed by atoms with Gasteiger partial charge in [-0.15, -0.1) is 0 Å². The summed E-state index contributed by atoms with van der Waals surface area (Å²) in [5.41, 5.74) is 2.18. The van der Waals surface area contributed by atoms with Crippen LogP contribution in [-0.4, -0.2) is 56.3 Å². The number of alkyl halides is 3. The van der Waals surface area contributed by atoms with Crippen LogP contribution in [0.15, 0.2) is 24.3 Å². The fraction of sp³-hybridized carbons (Fsp3) is 0.562. The largest absolute Gasteiger partial charge is 0.471 e. The minimum Gasteiger partial charge on any atom is -0.372 e. The van der Waals surface area contributed by atoms with Gasteiger partial charge in [-0.05, 0) is 37.1 Å². The minimum atomic E-state index is -4.78. The van der Waals surface area contributed by atoms with Gasteiger partial charge in [0.1, 0.15) is 0 Å². The molecule has 0 saturated carbocycles. The van der Waals surface area contributed by atoms with Crippen molar-refractivity contribution in [3.8, 4) is 0 Å². The molecule has 7 heteroatoms. The first-order valence-corrected chi connectivity index (χ1v) is 7.91. The molecule has 0 atom stereocenters. The van der Waals surface area contributed by atoms with Gasteiger partial charge in [0.05, 0.1) is 0 Å². The number of amides is 1. The molecule has 3 rings (SSSR count). The van der Waals surface area contributed by atoms with E-state index in [2.05, 4.69) is 17.0 Å². The van der Waals surface area contributed by atoms with Gasteiger partial charge in [-0.3, -0.25) is 4.79 Å². The molecule has 0 aromatic heterocycles. The van der Waals surface area contributed by atoms with Crippen LogP contribution < -0.4 is 9.80 Å². The maximum absolute atomic E-state index is 12.4. The van der Waals surface area contributed by atoms with Crippen LogP contribution in [0.5, 0.6) is 0 Å². The van der Waals surface area contributed by atoms with E-state index in [1.807, 2.05) is 17.0 Å². The number of rotatable bonds is 2. The van der Waals surface area contributed by atoms with Gasteiger partial charge in [0, 0.05) is 50.6 Å². The summed E-state index contributed by atoms with van der Waals surface area (Å²) < 4.78 is 37.3. The van der Waals surface area contributed by atoms with Crippen molar-refractivity contribution in [1.29, 1.82) is 0 Å². The molecular formula is C16H20F3N3O. The summed E-state index contributed by atoms with van der Waals surface area (Å²) in [5, 5.41) is 0. The highest BCUT2D eigenvalue weighted by Crippen LogP contribution is 2.25. The van der Waals surface area contributed by atoms with Gasteiger partial charge >= 0.3 is 12.1 Å². The zero-order valence-corrected chi connectivity index (χ0v) is 12.9. The number of halogens is 3. The van der Waals surface area contributed by atoms with Crippen LogP contribution in [0.25, 0.3) is 0 Å². The number of piperazine rings is 1. The van der Waals surface area contributed by atoms with E-state index in [9.17, 15) is 18.0 Å². The average Bonchev–Trinajstić information content (AvgIpc) is 3.08. The van der Waals surface area contributed by atoms with E-state index >= 15 is 0 Å². The maximum Gasteiger partial charge on any atom is 0.471 e. The van der Waals surface area contributed by atoms with Crippen LogP contribution >= 0.6 is 0 Å². The Labute approximate surface area is 133 Å². The molecule has 2 saturated heterocycles. The van der Waals surface area contributed by atoms with Crippen LogP contribution in [0.4, 0.5) is 24.5 Å². The number of nitrogens with zero attached hydrogens (tertiary/aromatic N) is 3. The molecule has 126 valence electrons. The van der Waals surface area contributed by atoms with Gasteiger partial charge in [-0.2, -0.15) is 13.2 Å². The quantitative estimate of drug-likeness (QED) is 0.835. The van der Waals surface area contributed by atoms with E-state index in [1.165, 1.54) is 18.5 Å². The summed E-state index contributed by atoms with van der Waals surface area (Å²) in [6.07, 6.45) is -2.34. The highest BCUT2D eigenvalue weighted by molar-refractivity contribution is 5.82. The first-order chi connectivity index (χ1) is 10.9. The minimum absolute atomic E-state index is 0.103. The predicted molar refractivity (Wildman–Crippen MR) is 82.7 cm³/mol. The Morgan fingerprint density at radius 3 is 1.65 bits per heavy atom. The number of benzene rings is 1. The molecular weight excluding hydrogens is 307 g/mol. The molecule has 2 fully saturated rings. The normalized spacial score (nSPS) is 19.3. The zero-order chi connectivity index (χ0) is 16.4. The van der Waals surface area contributed by atoms with Crippen molar-refractivity contribution in [2.45, 2.75) is 19.0 Å². The Morgan fingerprint density at radius 1 is 0.783 bits per heavy atom. The second kappa shape index (κ2) is 6.29. The van der Waals surface area contributed by atoms with Gasteiger partial charge in [0.2, 0.25) is 0 Å². The molecule has 0 aliphatic carbocycles. The third kappa shape index (κ3) is 3.54. The molecule has 2 heterocycles. The third-order valence-electron chi connectivity index (χ3n) is 4.50. The molecule has 1 amide bonds. The van der Waals surface area contributed by atoms with E-state index in [4.69, 9.17) is 0 Å². The lowest BCUT2D eigenvalue weighted by Crippen LogP contribution is -2.52. The van der Waals surface area contributed by atoms with E-state index in [0.29, 0.717) is 13.1 Å². The maximum atomic E-state index is 12.4. The van der Waals surface area contributed by atoms with Crippen molar-refractivity contribution < 1.29 is 18.0 Å². The molecule has 0 unspecified atom stereocenters. The first-order valence-electron chi connectivity index (χ1n) is 7.91. The van der Waals surface area contributed by atoms with Crippen LogP contribution in [0, 0.1) is 0 Å². The highest BCUT2D eigenvalue weighted by Gasteiger charge is 2.43. The van der Waals surface area contributed by atoms with Crippen molar-refractivity contribution in [2.75, 3.05) is 49.1 Å². The number of anilines is 2. The second-order valence-electron chi connectivity index (χ2n) is 5.99. The van der Waals surface area contributed by atoms with Crippen molar-refractivity contribution in [3.05, 3.63) is 24.3 Å². The molecule has 0 radical (unpaired) electrons. The first kappa shape index (κ1) is 16.0. The topological polar surface area (TPSA) is 26.8 Å². The Hall–Kier alpha value is -1.92. The van der Waals surface area contributed by atoms with E-state index in [-0.39, 0.29) is 13.1 Å². The summed E-state index contributed by atoms with van der Waals surface area (Å²) in [6, 6.07) is 8.14. The molecule has 0 N–H and O–H groups in total. The van der Waals surface area contributed by atoms with Gasteiger partial charge in [0.25, 0.3) is 0 Å².